The Morgan fingerprint density at radius 3 is 2.43 bits per heavy atom. The van der Waals surface area contributed by atoms with Crippen molar-refractivity contribution in [2.45, 2.75) is 26.3 Å². The summed E-state index contributed by atoms with van der Waals surface area (Å²) >= 11 is 0. The monoisotopic (exact) mass is 199 g/mol. The van der Waals surface area contributed by atoms with Gasteiger partial charge in [0.25, 0.3) is 0 Å². The summed E-state index contributed by atoms with van der Waals surface area (Å²) in [5.41, 5.74) is 5.29. The third-order valence-corrected chi connectivity index (χ3v) is 2.48. The lowest BCUT2D eigenvalue weighted by Gasteiger charge is -2.07. The Bertz CT molecular complexity index is 250. The first-order valence-electron chi connectivity index (χ1n) is 4.72. The average molecular weight is 199 g/mol. The van der Waals surface area contributed by atoms with Crippen LogP contribution in [0.25, 0.3) is 0 Å². The van der Waals surface area contributed by atoms with E-state index in [1.807, 2.05) is 0 Å². The normalized spacial score (nSPS) is 22.6. The minimum atomic E-state index is -0.310. The molecule has 1 rings (SSSR count). The number of nitrogens with one attached hydrogen (secondary N) is 2. The smallest absolute Gasteiger partial charge is 0.239 e. The first-order chi connectivity index (χ1) is 6.45. The summed E-state index contributed by atoms with van der Waals surface area (Å²) in [4.78, 5) is 22.0. The van der Waals surface area contributed by atoms with Crippen molar-refractivity contribution >= 4 is 11.8 Å². The SMILES string of the molecule is CC1(C)CC1NC(=O)CNC(=O)CN. The van der Waals surface area contributed by atoms with Crippen LogP contribution in [0, 0.1) is 5.41 Å². The largest absolute Gasteiger partial charge is 0.351 e. The molecule has 1 saturated carbocycles. The number of rotatable bonds is 4. The summed E-state index contributed by atoms with van der Waals surface area (Å²) in [6.07, 6.45) is 1.00. The van der Waals surface area contributed by atoms with E-state index >= 15 is 0 Å². The molecule has 0 spiro atoms. The third kappa shape index (κ3) is 2.99. The van der Waals surface area contributed by atoms with Crippen molar-refractivity contribution in [3.63, 3.8) is 0 Å². The number of carbonyl (C=O) groups excluding carboxylic acids is 2. The van der Waals surface area contributed by atoms with Gasteiger partial charge < -0.3 is 16.4 Å². The van der Waals surface area contributed by atoms with Crippen LogP contribution in [0.15, 0.2) is 0 Å². The Balaban J connectivity index is 2.15. The van der Waals surface area contributed by atoms with Gasteiger partial charge in [-0.2, -0.15) is 0 Å². The number of nitrogens with two attached hydrogens (primary N) is 1. The Labute approximate surface area is 83.4 Å². The van der Waals surface area contributed by atoms with Crippen LogP contribution in [0.4, 0.5) is 0 Å². The van der Waals surface area contributed by atoms with Gasteiger partial charge in [-0.1, -0.05) is 13.8 Å². The fourth-order valence-corrected chi connectivity index (χ4v) is 1.21. The topological polar surface area (TPSA) is 84.2 Å². The van der Waals surface area contributed by atoms with Crippen molar-refractivity contribution in [1.82, 2.24) is 10.6 Å². The molecule has 0 saturated heterocycles. The molecular weight excluding hydrogens is 182 g/mol. The summed E-state index contributed by atoms with van der Waals surface area (Å²) in [5.74, 6) is -0.461. The van der Waals surface area contributed by atoms with Crippen molar-refractivity contribution in [2.75, 3.05) is 13.1 Å². The molecule has 4 N–H and O–H groups in total. The lowest BCUT2D eigenvalue weighted by molar-refractivity contribution is -0.125. The molecule has 2 amide bonds. The average Bonchev–Trinajstić information content (AvgIpc) is 2.69. The molecule has 0 radical (unpaired) electrons. The van der Waals surface area contributed by atoms with Crippen LogP contribution in [-0.4, -0.2) is 30.9 Å². The first-order valence-corrected chi connectivity index (χ1v) is 4.72. The number of amides is 2. The highest BCUT2D eigenvalue weighted by atomic mass is 16.2. The van der Waals surface area contributed by atoms with Gasteiger partial charge in [-0.25, -0.2) is 0 Å². The predicted molar refractivity (Wildman–Crippen MR) is 52.4 cm³/mol. The molecule has 5 heteroatoms. The predicted octanol–water partition coefficient (Wildman–Crippen LogP) is -1.02. The van der Waals surface area contributed by atoms with Crippen molar-refractivity contribution in [3.05, 3.63) is 0 Å². The minimum absolute atomic E-state index is 0.0165. The molecule has 1 unspecified atom stereocenters. The van der Waals surface area contributed by atoms with E-state index in [1.165, 1.54) is 0 Å². The maximum atomic E-state index is 11.2. The lowest BCUT2D eigenvalue weighted by atomic mass is 10.2. The van der Waals surface area contributed by atoms with E-state index in [2.05, 4.69) is 24.5 Å². The number of hydrogen-bond acceptors (Lipinski definition) is 3. The van der Waals surface area contributed by atoms with Crippen molar-refractivity contribution in [1.29, 1.82) is 0 Å². The van der Waals surface area contributed by atoms with Gasteiger partial charge >= 0.3 is 0 Å². The fraction of sp³-hybridized carbons (Fsp3) is 0.778. The summed E-state index contributed by atoms with van der Waals surface area (Å²) in [6, 6.07) is 0.254. The molecular formula is C9H17N3O2. The van der Waals surface area contributed by atoms with Crippen LogP contribution in [0.2, 0.25) is 0 Å². The van der Waals surface area contributed by atoms with Gasteiger partial charge in [0.05, 0.1) is 13.1 Å². The number of hydrogen-bond donors (Lipinski definition) is 3. The van der Waals surface area contributed by atoms with Crippen LogP contribution >= 0.6 is 0 Å². The van der Waals surface area contributed by atoms with Crippen molar-refractivity contribution in [2.24, 2.45) is 11.1 Å². The Kier molecular flexibility index (Phi) is 3.10. The second kappa shape index (κ2) is 3.96. The Hall–Kier alpha value is -1.10. The molecule has 5 nitrogen and oxygen atoms in total. The Morgan fingerprint density at radius 2 is 2.00 bits per heavy atom. The highest BCUT2D eigenvalue weighted by Crippen LogP contribution is 2.44. The van der Waals surface area contributed by atoms with E-state index in [-0.39, 0.29) is 36.4 Å². The molecule has 0 aromatic heterocycles. The van der Waals surface area contributed by atoms with Gasteiger partial charge in [0.15, 0.2) is 0 Å². The second-order valence-electron chi connectivity index (χ2n) is 4.29. The molecule has 1 aliphatic rings. The first kappa shape index (κ1) is 11.0. The molecule has 1 atom stereocenters. The van der Waals surface area contributed by atoms with Crippen LogP contribution in [0.1, 0.15) is 20.3 Å². The van der Waals surface area contributed by atoms with Crippen LogP contribution < -0.4 is 16.4 Å². The molecule has 0 aromatic rings. The van der Waals surface area contributed by atoms with Gasteiger partial charge in [-0.05, 0) is 11.8 Å². The van der Waals surface area contributed by atoms with E-state index in [4.69, 9.17) is 5.73 Å². The van der Waals surface area contributed by atoms with E-state index < -0.39 is 0 Å². The fourth-order valence-electron chi connectivity index (χ4n) is 1.21. The highest BCUT2D eigenvalue weighted by molar-refractivity contribution is 5.85. The van der Waals surface area contributed by atoms with Crippen LogP contribution in [-0.2, 0) is 9.59 Å². The van der Waals surface area contributed by atoms with Gasteiger partial charge in [0.1, 0.15) is 0 Å². The molecule has 80 valence electrons. The molecule has 0 bridgehead atoms. The van der Waals surface area contributed by atoms with Crippen LogP contribution in [0.3, 0.4) is 0 Å². The van der Waals surface area contributed by atoms with Crippen molar-refractivity contribution < 1.29 is 9.59 Å². The van der Waals surface area contributed by atoms with Gasteiger partial charge in [-0.3, -0.25) is 9.59 Å². The summed E-state index contributed by atoms with van der Waals surface area (Å²) in [7, 11) is 0. The zero-order chi connectivity index (χ0) is 10.8. The quantitative estimate of drug-likeness (QED) is 0.541. The van der Waals surface area contributed by atoms with Gasteiger partial charge in [-0.15, -0.1) is 0 Å². The molecule has 1 fully saturated rings. The summed E-state index contributed by atoms with van der Waals surface area (Å²) in [6.45, 7) is 4.12. The second-order valence-corrected chi connectivity index (χ2v) is 4.29. The zero-order valence-corrected chi connectivity index (χ0v) is 8.59. The lowest BCUT2D eigenvalue weighted by Crippen LogP contribution is -2.40. The van der Waals surface area contributed by atoms with E-state index in [9.17, 15) is 9.59 Å². The molecule has 0 aromatic carbocycles. The van der Waals surface area contributed by atoms with E-state index in [1.54, 1.807) is 0 Å². The van der Waals surface area contributed by atoms with E-state index in [0.717, 1.165) is 6.42 Å². The van der Waals surface area contributed by atoms with Crippen LogP contribution in [0.5, 0.6) is 0 Å². The minimum Gasteiger partial charge on any atom is -0.351 e. The maximum absolute atomic E-state index is 11.2. The molecule has 14 heavy (non-hydrogen) atoms. The third-order valence-electron chi connectivity index (χ3n) is 2.48. The maximum Gasteiger partial charge on any atom is 0.239 e. The summed E-state index contributed by atoms with van der Waals surface area (Å²) in [5, 5.41) is 5.25. The zero-order valence-electron chi connectivity index (χ0n) is 8.59. The van der Waals surface area contributed by atoms with Gasteiger partial charge in [0, 0.05) is 6.04 Å². The van der Waals surface area contributed by atoms with Crippen molar-refractivity contribution in [3.8, 4) is 0 Å². The standard InChI is InChI=1S/C9H17N3O2/c1-9(2)3-6(9)12-8(14)5-11-7(13)4-10/h6H,3-5,10H2,1-2H3,(H,11,13)(H,12,14). The Morgan fingerprint density at radius 1 is 1.43 bits per heavy atom. The highest BCUT2D eigenvalue weighted by Gasteiger charge is 2.46. The number of carbonyl (C=O) groups is 2. The van der Waals surface area contributed by atoms with Gasteiger partial charge in [0.2, 0.25) is 11.8 Å². The molecule has 0 aliphatic heterocycles. The molecule has 1 aliphatic carbocycles. The van der Waals surface area contributed by atoms with E-state index in [0.29, 0.717) is 0 Å². The summed E-state index contributed by atoms with van der Waals surface area (Å²) < 4.78 is 0. The molecule has 0 heterocycles.